The molecule has 0 saturated carbocycles. The normalized spacial score (nSPS) is 19.2. The molecule has 1 atom stereocenters. The van der Waals surface area contributed by atoms with E-state index in [1.807, 2.05) is 38.1 Å². The summed E-state index contributed by atoms with van der Waals surface area (Å²) in [7, 11) is 0. The van der Waals surface area contributed by atoms with Gasteiger partial charge in [-0.3, -0.25) is 14.9 Å². The van der Waals surface area contributed by atoms with Gasteiger partial charge >= 0.3 is 0 Å². The number of thioether (sulfide) groups is 2. The molecule has 0 saturated heterocycles. The number of fused-ring (bicyclic) bond motifs is 2. The van der Waals surface area contributed by atoms with Gasteiger partial charge in [0.2, 0.25) is 11.9 Å². The van der Waals surface area contributed by atoms with Gasteiger partial charge in [0.15, 0.2) is 0 Å². The van der Waals surface area contributed by atoms with Gasteiger partial charge in [0.25, 0.3) is 5.91 Å². The molecule has 2 aliphatic rings. The molecule has 0 spiro atoms. The number of nitrogens with zero attached hydrogens (tertiary/aromatic N) is 3. The standard InChI is InChI=1S/C18H17N5O2S2/c1-9-10(2)27-17-15(9)16(25)21-13(22-17)7-26-8-14(24)23-18-19-11-5-3-4-6-12(11)20-18/h3-6,15H,7-8H2,1-2H3,(H2,19,20,23,24). The third-order valence-electron chi connectivity index (χ3n) is 4.33. The smallest absolute Gasteiger partial charge is 0.261 e. The summed E-state index contributed by atoms with van der Waals surface area (Å²) in [5.41, 5.74) is 2.70. The lowest BCUT2D eigenvalue weighted by molar-refractivity contribution is -0.118. The van der Waals surface area contributed by atoms with Crippen molar-refractivity contribution in [3.8, 4) is 0 Å². The molecule has 138 valence electrons. The zero-order chi connectivity index (χ0) is 19.0. The van der Waals surface area contributed by atoms with Crippen LogP contribution in [0.1, 0.15) is 13.8 Å². The van der Waals surface area contributed by atoms with E-state index in [0.717, 1.165) is 26.6 Å². The van der Waals surface area contributed by atoms with Gasteiger partial charge in [-0.1, -0.05) is 23.9 Å². The van der Waals surface area contributed by atoms with Crippen molar-refractivity contribution < 1.29 is 9.59 Å². The summed E-state index contributed by atoms with van der Waals surface area (Å²) >= 11 is 2.90. The molecule has 7 nitrogen and oxygen atoms in total. The van der Waals surface area contributed by atoms with E-state index in [2.05, 4.69) is 25.3 Å². The Morgan fingerprint density at radius 3 is 2.93 bits per heavy atom. The molecule has 0 bridgehead atoms. The van der Waals surface area contributed by atoms with E-state index in [4.69, 9.17) is 0 Å². The highest BCUT2D eigenvalue weighted by atomic mass is 32.2. The van der Waals surface area contributed by atoms with E-state index in [9.17, 15) is 9.59 Å². The molecule has 0 aliphatic carbocycles. The number of hydrogen-bond donors (Lipinski definition) is 2. The molecule has 27 heavy (non-hydrogen) atoms. The van der Waals surface area contributed by atoms with Crippen LogP contribution in [0.2, 0.25) is 0 Å². The second-order valence-corrected chi connectivity index (χ2v) is 8.45. The Bertz CT molecular complexity index is 1000. The molecule has 0 radical (unpaired) electrons. The number of aliphatic imine (C=N–C) groups is 2. The number of amidine groups is 1. The zero-order valence-corrected chi connectivity index (χ0v) is 16.4. The van der Waals surface area contributed by atoms with E-state index in [0.29, 0.717) is 17.5 Å². The molecule has 9 heteroatoms. The molecule has 2 N–H and O–H groups in total. The predicted molar refractivity (Wildman–Crippen MR) is 111 cm³/mol. The van der Waals surface area contributed by atoms with Crippen molar-refractivity contribution >= 4 is 63.2 Å². The fourth-order valence-corrected chi connectivity index (χ4v) is 4.70. The first-order chi connectivity index (χ1) is 13.0. The van der Waals surface area contributed by atoms with Crippen LogP contribution in [-0.2, 0) is 9.59 Å². The number of para-hydroxylation sites is 2. The Balaban J connectivity index is 1.31. The Labute approximate surface area is 164 Å². The number of imidazole rings is 1. The molecule has 4 rings (SSSR count). The second-order valence-electron chi connectivity index (χ2n) is 6.23. The van der Waals surface area contributed by atoms with Crippen molar-refractivity contribution in [2.45, 2.75) is 13.8 Å². The van der Waals surface area contributed by atoms with E-state index in [1.165, 1.54) is 23.5 Å². The van der Waals surface area contributed by atoms with Crippen LogP contribution < -0.4 is 5.32 Å². The average Bonchev–Trinajstić information content (AvgIpc) is 3.15. The van der Waals surface area contributed by atoms with Crippen molar-refractivity contribution in [1.82, 2.24) is 9.97 Å². The van der Waals surface area contributed by atoms with Crippen molar-refractivity contribution in [3.05, 3.63) is 34.7 Å². The topological polar surface area (TPSA) is 99.6 Å². The number of H-pyrrole nitrogens is 1. The summed E-state index contributed by atoms with van der Waals surface area (Å²) in [6, 6.07) is 7.57. The minimum atomic E-state index is -0.305. The summed E-state index contributed by atoms with van der Waals surface area (Å²) in [5.74, 6) is 0.897. The Morgan fingerprint density at radius 2 is 2.11 bits per heavy atom. The van der Waals surface area contributed by atoms with Crippen LogP contribution in [0.4, 0.5) is 5.95 Å². The summed E-state index contributed by atoms with van der Waals surface area (Å²) in [6.45, 7) is 3.94. The van der Waals surface area contributed by atoms with Gasteiger partial charge in [-0.15, -0.1) is 11.8 Å². The van der Waals surface area contributed by atoms with Crippen molar-refractivity contribution in [1.29, 1.82) is 0 Å². The minimum Gasteiger partial charge on any atom is -0.324 e. The second kappa shape index (κ2) is 7.32. The first-order valence-electron chi connectivity index (χ1n) is 8.39. The monoisotopic (exact) mass is 399 g/mol. The van der Waals surface area contributed by atoms with Crippen LogP contribution in [-0.4, -0.2) is 44.2 Å². The first kappa shape index (κ1) is 18.0. The molecule has 1 aromatic heterocycles. The van der Waals surface area contributed by atoms with E-state index in [1.54, 1.807) is 0 Å². The van der Waals surface area contributed by atoms with E-state index >= 15 is 0 Å². The highest BCUT2D eigenvalue weighted by Crippen LogP contribution is 2.40. The van der Waals surface area contributed by atoms with Gasteiger partial charge in [-0.25, -0.2) is 9.98 Å². The fraction of sp³-hybridized carbons (Fsp3) is 0.278. The number of anilines is 1. The van der Waals surface area contributed by atoms with Crippen molar-refractivity contribution in [3.63, 3.8) is 0 Å². The number of nitrogens with one attached hydrogen (secondary N) is 2. The maximum atomic E-state index is 12.2. The van der Waals surface area contributed by atoms with Gasteiger partial charge in [-0.2, -0.15) is 4.99 Å². The maximum Gasteiger partial charge on any atom is 0.261 e. The van der Waals surface area contributed by atoms with E-state index < -0.39 is 0 Å². The lowest BCUT2D eigenvalue weighted by Gasteiger charge is -2.14. The van der Waals surface area contributed by atoms with Gasteiger partial charge in [0, 0.05) is 0 Å². The van der Waals surface area contributed by atoms with Crippen molar-refractivity contribution in [2.75, 3.05) is 16.8 Å². The van der Waals surface area contributed by atoms with Gasteiger partial charge in [-0.05, 0) is 36.5 Å². The highest BCUT2D eigenvalue weighted by Gasteiger charge is 2.36. The van der Waals surface area contributed by atoms with Crippen LogP contribution in [0.3, 0.4) is 0 Å². The average molecular weight is 400 g/mol. The molecule has 0 fully saturated rings. The molecular weight excluding hydrogens is 382 g/mol. The van der Waals surface area contributed by atoms with Crippen LogP contribution >= 0.6 is 23.5 Å². The number of carbonyl (C=O) groups excluding carboxylic acids is 2. The molecule has 2 aromatic rings. The highest BCUT2D eigenvalue weighted by molar-refractivity contribution is 8.17. The zero-order valence-electron chi connectivity index (χ0n) is 14.8. The third-order valence-corrected chi connectivity index (χ3v) is 6.42. The number of aromatic amines is 1. The van der Waals surface area contributed by atoms with Crippen molar-refractivity contribution in [2.24, 2.45) is 15.9 Å². The van der Waals surface area contributed by atoms with E-state index in [-0.39, 0.29) is 23.5 Å². The minimum absolute atomic E-state index is 0.163. The number of rotatable bonds is 5. The SMILES string of the molecule is CC1=C(C)C2C(=O)N=C(CSCC(=O)Nc3nc4ccccc4[nH]3)N=C2S1. The van der Waals surface area contributed by atoms with Crippen LogP contribution in [0.25, 0.3) is 11.0 Å². The van der Waals surface area contributed by atoms with Crippen LogP contribution in [0.15, 0.2) is 44.7 Å². The third kappa shape index (κ3) is 3.70. The number of benzene rings is 1. The summed E-state index contributed by atoms with van der Waals surface area (Å²) in [5, 5.41) is 3.55. The number of amides is 2. The van der Waals surface area contributed by atoms with Gasteiger partial charge < -0.3 is 4.98 Å². The van der Waals surface area contributed by atoms with Crippen LogP contribution in [0, 0.1) is 5.92 Å². The summed E-state index contributed by atoms with van der Waals surface area (Å²) < 4.78 is 0. The summed E-state index contributed by atoms with van der Waals surface area (Å²) in [4.78, 5) is 41.4. The number of carbonyl (C=O) groups is 2. The Morgan fingerprint density at radius 1 is 1.30 bits per heavy atom. The lowest BCUT2D eigenvalue weighted by Crippen LogP contribution is -2.26. The fourth-order valence-electron chi connectivity index (χ4n) is 2.89. The number of aromatic nitrogens is 2. The molecule has 2 amide bonds. The Hall–Kier alpha value is -2.39. The lowest BCUT2D eigenvalue weighted by atomic mass is 10.0. The molecule has 1 aromatic carbocycles. The Kier molecular flexibility index (Phi) is 4.88. The quantitative estimate of drug-likeness (QED) is 0.804. The molecule has 3 heterocycles. The first-order valence-corrected chi connectivity index (χ1v) is 10.4. The largest absolute Gasteiger partial charge is 0.324 e. The predicted octanol–water partition coefficient (Wildman–Crippen LogP) is 3.23. The van der Waals surface area contributed by atoms with Crippen LogP contribution in [0.5, 0.6) is 0 Å². The molecule has 1 unspecified atom stereocenters. The van der Waals surface area contributed by atoms with Gasteiger partial charge in [0.1, 0.15) is 11.8 Å². The summed E-state index contributed by atoms with van der Waals surface area (Å²) in [6.07, 6.45) is 0. The number of allylic oxidation sites excluding steroid dienone is 1. The number of hydrogen-bond acceptors (Lipinski definition) is 6. The molecular formula is C18H17N5O2S2. The molecule has 2 aliphatic heterocycles. The van der Waals surface area contributed by atoms with Gasteiger partial charge in [0.05, 0.1) is 27.6 Å². The maximum absolute atomic E-state index is 12.2.